The first-order valence-electron chi connectivity index (χ1n) is 9.62. The van der Waals surface area contributed by atoms with Crippen LogP contribution in [0.15, 0.2) is 12.7 Å². The third kappa shape index (κ3) is 9.30. The molecule has 0 unspecified atom stereocenters. The molecule has 0 fully saturated rings. The van der Waals surface area contributed by atoms with E-state index in [9.17, 15) is 31.1 Å². The van der Waals surface area contributed by atoms with E-state index in [1.54, 1.807) is 0 Å². The predicted octanol–water partition coefficient (Wildman–Crippen LogP) is 6.25. The number of carbonyl (C=O) groups excluding carboxylic acids is 1. The Morgan fingerprint density at radius 1 is 0.750 bits per heavy atom. The van der Waals surface area contributed by atoms with Crippen molar-refractivity contribution in [2.45, 2.75) is 95.0 Å². The molecule has 0 aromatic heterocycles. The van der Waals surface area contributed by atoms with Crippen molar-refractivity contribution in [2.75, 3.05) is 6.61 Å². The Balaban J connectivity index is 3.80. The van der Waals surface area contributed by atoms with Crippen LogP contribution in [0.3, 0.4) is 0 Å². The van der Waals surface area contributed by atoms with Gasteiger partial charge in [0, 0.05) is 0 Å². The molecule has 0 radical (unpaired) electrons. The van der Waals surface area contributed by atoms with Crippen LogP contribution in [0.1, 0.15) is 77.0 Å². The maximum absolute atomic E-state index is 12.5. The van der Waals surface area contributed by atoms with Crippen molar-refractivity contribution in [3.8, 4) is 0 Å². The van der Waals surface area contributed by atoms with Gasteiger partial charge in [-0.25, -0.2) is 4.79 Å². The van der Waals surface area contributed by atoms with Crippen molar-refractivity contribution < 1.29 is 41.0 Å². The molecule has 0 heterocycles. The van der Waals surface area contributed by atoms with Crippen molar-refractivity contribution in [3.05, 3.63) is 12.7 Å². The summed E-state index contributed by atoms with van der Waals surface area (Å²) in [6.07, 6.45) is 0.825. The molecule has 0 aliphatic carbocycles. The number of hydrogen-bond acceptors (Lipinski definition) is 3. The number of hydrogen-bond donors (Lipinski definition) is 1. The number of esters is 1. The average molecular weight is 420 g/mol. The molecule has 0 aromatic rings. The van der Waals surface area contributed by atoms with Gasteiger partial charge in [0.05, 0.1) is 6.61 Å². The van der Waals surface area contributed by atoms with E-state index in [0.717, 1.165) is 44.9 Å². The van der Waals surface area contributed by atoms with E-state index in [1.807, 2.05) is 6.08 Å². The molecule has 0 atom stereocenters. The Morgan fingerprint density at radius 3 is 1.46 bits per heavy atom. The van der Waals surface area contributed by atoms with Crippen LogP contribution in [0.25, 0.3) is 0 Å². The second-order valence-electron chi connectivity index (χ2n) is 6.81. The van der Waals surface area contributed by atoms with Crippen molar-refractivity contribution in [1.29, 1.82) is 0 Å². The Labute approximate surface area is 162 Å². The number of carbonyl (C=O) groups is 1. The van der Waals surface area contributed by atoms with E-state index >= 15 is 0 Å². The first kappa shape index (κ1) is 26.8. The van der Waals surface area contributed by atoms with Gasteiger partial charge in [-0.2, -0.15) is 26.3 Å². The minimum absolute atomic E-state index is 0.140. The topological polar surface area (TPSA) is 46.5 Å². The molecule has 3 nitrogen and oxygen atoms in total. The number of halogens is 6. The van der Waals surface area contributed by atoms with Crippen molar-refractivity contribution in [3.63, 3.8) is 0 Å². The van der Waals surface area contributed by atoms with Gasteiger partial charge in [0.1, 0.15) is 0 Å². The second-order valence-corrected chi connectivity index (χ2v) is 6.81. The molecule has 0 bridgehead atoms. The summed E-state index contributed by atoms with van der Waals surface area (Å²) in [5.41, 5.74) is -5.49. The molecule has 0 saturated heterocycles. The molecule has 0 amide bonds. The lowest BCUT2D eigenvalue weighted by Gasteiger charge is -2.29. The fraction of sp³-hybridized carbons (Fsp3) is 0.842. The van der Waals surface area contributed by atoms with E-state index in [-0.39, 0.29) is 6.42 Å². The number of ether oxygens (including phenoxy) is 1. The van der Waals surface area contributed by atoms with Crippen LogP contribution in [0, 0.1) is 0 Å². The molecular formula is C19H30F6O3. The van der Waals surface area contributed by atoms with Crippen LogP contribution >= 0.6 is 0 Å². The first-order chi connectivity index (χ1) is 13.0. The highest BCUT2D eigenvalue weighted by Gasteiger charge is 2.76. The minimum atomic E-state index is -6.20. The molecule has 28 heavy (non-hydrogen) atoms. The maximum Gasteiger partial charge on any atom is 0.437 e. The summed E-state index contributed by atoms with van der Waals surface area (Å²) in [6.45, 7) is 3.07. The molecule has 0 aliphatic rings. The predicted molar refractivity (Wildman–Crippen MR) is 93.6 cm³/mol. The quantitative estimate of drug-likeness (QED) is 0.147. The SMILES string of the molecule is C=CCCCCCCCCCCCCCOC(=O)C(O)(C(F)(F)F)C(F)(F)F. The van der Waals surface area contributed by atoms with E-state index in [1.165, 1.54) is 19.3 Å². The van der Waals surface area contributed by atoms with E-state index < -0.39 is 30.5 Å². The number of unbranched alkanes of at least 4 members (excludes halogenated alkanes) is 11. The molecule has 0 aliphatic heterocycles. The lowest BCUT2D eigenvalue weighted by molar-refractivity contribution is -0.356. The molecule has 166 valence electrons. The van der Waals surface area contributed by atoms with Crippen LogP contribution in [0.2, 0.25) is 0 Å². The third-order valence-electron chi connectivity index (χ3n) is 4.40. The largest absolute Gasteiger partial charge is 0.463 e. The summed E-state index contributed by atoms with van der Waals surface area (Å²) >= 11 is 0. The monoisotopic (exact) mass is 420 g/mol. The van der Waals surface area contributed by atoms with Crippen LogP contribution < -0.4 is 0 Å². The van der Waals surface area contributed by atoms with Crippen LogP contribution in [0.4, 0.5) is 26.3 Å². The molecular weight excluding hydrogens is 390 g/mol. The van der Waals surface area contributed by atoms with E-state index in [2.05, 4.69) is 11.3 Å². The molecule has 0 rings (SSSR count). The van der Waals surface area contributed by atoms with E-state index in [0.29, 0.717) is 6.42 Å². The Kier molecular flexibility index (Phi) is 12.5. The summed E-state index contributed by atoms with van der Waals surface area (Å²) < 4.78 is 78.8. The summed E-state index contributed by atoms with van der Waals surface area (Å²) in [6, 6.07) is 0. The van der Waals surface area contributed by atoms with E-state index in [4.69, 9.17) is 5.11 Å². The van der Waals surface area contributed by atoms with Gasteiger partial charge in [-0.15, -0.1) is 6.58 Å². The molecule has 0 spiro atoms. The zero-order valence-corrected chi connectivity index (χ0v) is 16.0. The summed E-state index contributed by atoms with van der Waals surface area (Å²) in [5.74, 6) is -2.74. The van der Waals surface area contributed by atoms with Gasteiger partial charge >= 0.3 is 23.9 Å². The first-order valence-corrected chi connectivity index (χ1v) is 9.62. The number of alkyl halides is 6. The lowest BCUT2D eigenvalue weighted by atomic mass is 10.0. The van der Waals surface area contributed by atoms with Crippen molar-refractivity contribution in [2.24, 2.45) is 0 Å². The highest BCUT2D eigenvalue weighted by molar-refractivity contribution is 5.81. The minimum Gasteiger partial charge on any atom is -0.463 e. The molecule has 0 aromatic carbocycles. The molecule has 0 saturated carbocycles. The fourth-order valence-corrected chi connectivity index (χ4v) is 2.64. The zero-order chi connectivity index (χ0) is 21.7. The summed E-state index contributed by atoms with van der Waals surface area (Å²) in [7, 11) is 0. The van der Waals surface area contributed by atoms with Crippen molar-refractivity contribution in [1.82, 2.24) is 0 Å². The van der Waals surface area contributed by atoms with Gasteiger partial charge in [0.15, 0.2) is 0 Å². The number of rotatable bonds is 15. The van der Waals surface area contributed by atoms with Gasteiger partial charge < -0.3 is 9.84 Å². The van der Waals surface area contributed by atoms with Crippen LogP contribution in [0.5, 0.6) is 0 Å². The maximum atomic E-state index is 12.5. The Hall–Kier alpha value is -1.25. The Morgan fingerprint density at radius 2 is 1.11 bits per heavy atom. The third-order valence-corrected chi connectivity index (χ3v) is 4.40. The Bertz CT molecular complexity index is 432. The van der Waals surface area contributed by atoms with Gasteiger partial charge in [-0.3, -0.25) is 0 Å². The highest BCUT2D eigenvalue weighted by atomic mass is 19.4. The molecule has 9 heteroatoms. The summed E-state index contributed by atoms with van der Waals surface area (Å²) in [4.78, 5) is 11.2. The van der Waals surface area contributed by atoms with Crippen molar-refractivity contribution >= 4 is 5.97 Å². The second kappa shape index (κ2) is 13.1. The van der Waals surface area contributed by atoms with Gasteiger partial charge in [-0.05, 0) is 19.3 Å². The normalized spacial score (nSPS) is 12.8. The lowest BCUT2D eigenvalue weighted by Crippen LogP contribution is -2.63. The van der Waals surface area contributed by atoms with Crippen LogP contribution in [-0.2, 0) is 9.53 Å². The van der Waals surface area contributed by atoms with Gasteiger partial charge in [0.2, 0.25) is 0 Å². The van der Waals surface area contributed by atoms with Gasteiger partial charge in [-0.1, -0.05) is 63.9 Å². The summed E-state index contributed by atoms with van der Waals surface area (Å²) in [5, 5.41) is 8.83. The van der Waals surface area contributed by atoms with Gasteiger partial charge in [0.25, 0.3) is 0 Å². The zero-order valence-electron chi connectivity index (χ0n) is 16.0. The standard InChI is InChI=1S/C19H30F6O3/c1-2-3-4-5-6-7-8-9-10-11-12-13-14-15-28-16(26)17(27,18(20,21)22)19(23,24)25/h2,27H,1,3-15H2. The molecule has 1 N–H and O–H groups in total. The fourth-order valence-electron chi connectivity index (χ4n) is 2.64. The average Bonchev–Trinajstić information content (AvgIpc) is 2.59. The number of aliphatic hydroxyl groups is 1. The number of allylic oxidation sites excluding steroid dienone is 1. The smallest absolute Gasteiger partial charge is 0.437 e. The van der Waals surface area contributed by atoms with Crippen LogP contribution in [-0.4, -0.2) is 35.6 Å². The highest BCUT2D eigenvalue weighted by Crippen LogP contribution is 2.43.